The Kier molecular flexibility index (Phi) is 7.60. The molecular formula is C20H22F3N3O3. The van der Waals surface area contributed by atoms with Gasteiger partial charge in [-0.05, 0) is 43.8 Å². The Bertz CT molecular complexity index is 811. The SMILES string of the molecule is C[C@@H](NC(=O)CN(C)CC(=O)Nc1ccc(OC(F)(F)F)cc1)c1ccccc1. The van der Waals surface area contributed by atoms with Crippen LogP contribution in [0.3, 0.4) is 0 Å². The fraction of sp³-hybridized carbons (Fsp3) is 0.300. The van der Waals surface area contributed by atoms with Gasteiger partial charge in [0.1, 0.15) is 5.75 Å². The van der Waals surface area contributed by atoms with Crippen molar-refractivity contribution in [2.45, 2.75) is 19.3 Å². The molecule has 0 heterocycles. The van der Waals surface area contributed by atoms with E-state index in [0.717, 1.165) is 17.7 Å². The van der Waals surface area contributed by atoms with Gasteiger partial charge >= 0.3 is 6.36 Å². The fourth-order valence-electron chi connectivity index (χ4n) is 2.60. The first kappa shape index (κ1) is 22.2. The van der Waals surface area contributed by atoms with Gasteiger partial charge in [-0.1, -0.05) is 30.3 Å². The van der Waals surface area contributed by atoms with E-state index < -0.39 is 12.3 Å². The summed E-state index contributed by atoms with van der Waals surface area (Å²) >= 11 is 0. The van der Waals surface area contributed by atoms with E-state index in [4.69, 9.17) is 0 Å². The number of nitrogens with zero attached hydrogens (tertiary/aromatic N) is 1. The molecule has 0 radical (unpaired) electrons. The lowest BCUT2D eigenvalue weighted by Gasteiger charge is -2.19. The molecule has 2 rings (SSSR count). The molecule has 2 N–H and O–H groups in total. The first-order valence-electron chi connectivity index (χ1n) is 8.81. The molecule has 0 saturated heterocycles. The third kappa shape index (κ3) is 8.22. The van der Waals surface area contributed by atoms with Crippen LogP contribution in [0.5, 0.6) is 5.75 Å². The van der Waals surface area contributed by atoms with Gasteiger partial charge in [-0.15, -0.1) is 13.2 Å². The van der Waals surface area contributed by atoms with E-state index in [0.29, 0.717) is 5.69 Å². The monoisotopic (exact) mass is 409 g/mol. The van der Waals surface area contributed by atoms with Gasteiger partial charge in [0.05, 0.1) is 19.1 Å². The number of carbonyl (C=O) groups is 2. The van der Waals surface area contributed by atoms with Crippen LogP contribution >= 0.6 is 0 Å². The summed E-state index contributed by atoms with van der Waals surface area (Å²) in [5, 5.41) is 5.41. The zero-order valence-corrected chi connectivity index (χ0v) is 16.0. The van der Waals surface area contributed by atoms with Crippen LogP contribution in [0.1, 0.15) is 18.5 Å². The second-order valence-electron chi connectivity index (χ2n) is 6.49. The van der Waals surface area contributed by atoms with E-state index in [1.54, 1.807) is 7.05 Å². The molecule has 0 fully saturated rings. The second-order valence-corrected chi connectivity index (χ2v) is 6.49. The minimum Gasteiger partial charge on any atom is -0.406 e. The summed E-state index contributed by atoms with van der Waals surface area (Å²) in [6, 6.07) is 14.1. The number of anilines is 1. The van der Waals surface area contributed by atoms with E-state index >= 15 is 0 Å². The number of carbonyl (C=O) groups excluding carboxylic acids is 2. The Morgan fingerprint density at radius 1 is 1.00 bits per heavy atom. The molecule has 0 aliphatic rings. The molecule has 0 bridgehead atoms. The molecule has 2 amide bonds. The Balaban J connectivity index is 1.77. The lowest BCUT2D eigenvalue weighted by atomic mass is 10.1. The van der Waals surface area contributed by atoms with Crippen molar-refractivity contribution in [1.82, 2.24) is 10.2 Å². The highest BCUT2D eigenvalue weighted by Crippen LogP contribution is 2.23. The van der Waals surface area contributed by atoms with Crippen molar-refractivity contribution >= 4 is 17.5 Å². The quantitative estimate of drug-likeness (QED) is 0.702. The molecule has 2 aromatic rings. The number of alkyl halides is 3. The number of amides is 2. The average molecular weight is 409 g/mol. The number of rotatable bonds is 8. The minimum absolute atomic E-state index is 0.0168. The van der Waals surface area contributed by atoms with Gasteiger partial charge < -0.3 is 15.4 Å². The largest absolute Gasteiger partial charge is 0.573 e. The van der Waals surface area contributed by atoms with Gasteiger partial charge in [0, 0.05) is 5.69 Å². The Morgan fingerprint density at radius 3 is 2.17 bits per heavy atom. The first-order valence-corrected chi connectivity index (χ1v) is 8.81. The molecule has 0 aromatic heterocycles. The van der Waals surface area contributed by atoms with Crippen LogP contribution in [-0.4, -0.2) is 43.2 Å². The summed E-state index contributed by atoms with van der Waals surface area (Å²) in [5.41, 5.74) is 1.29. The van der Waals surface area contributed by atoms with Gasteiger partial charge in [-0.2, -0.15) is 0 Å². The zero-order chi connectivity index (χ0) is 21.4. The molecule has 2 aromatic carbocycles. The zero-order valence-electron chi connectivity index (χ0n) is 16.0. The van der Waals surface area contributed by atoms with Crippen LogP contribution in [0.25, 0.3) is 0 Å². The van der Waals surface area contributed by atoms with Crippen LogP contribution in [0.2, 0.25) is 0 Å². The summed E-state index contributed by atoms with van der Waals surface area (Å²) in [4.78, 5) is 25.7. The predicted octanol–water partition coefficient (Wildman–Crippen LogP) is 3.33. The Morgan fingerprint density at radius 2 is 1.59 bits per heavy atom. The average Bonchev–Trinajstić information content (AvgIpc) is 2.62. The number of ether oxygens (including phenoxy) is 1. The molecule has 1 atom stereocenters. The van der Waals surface area contributed by atoms with Crippen molar-refractivity contribution in [1.29, 1.82) is 0 Å². The fourth-order valence-corrected chi connectivity index (χ4v) is 2.60. The number of hydrogen-bond donors (Lipinski definition) is 2. The number of hydrogen-bond acceptors (Lipinski definition) is 4. The normalized spacial score (nSPS) is 12.3. The van der Waals surface area contributed by atoms with Crippen molar-refractivity contribution in [3.05, 3.63) is 60.2 Å². The number of likely N-dealkylation sites (N-methyl/N-ethyl adjacent to an activating group) is 1. The standard InChI is InChI=1S/C20H22F3N3O3/c1-14(15-6-4-3-5-7-15)24-18(27)12-26(2)13-19(28)25-16-8-10-17(11-9-16)29-20(21,22)23/h3-11,14H,12-13H2,1-2H3,(H,24,27)(H,25,28)/t14-/m1/s1. The Hall–Kier alpha value is -3.07. The molecular weight excluding hydrogens is 387 g/mol. The summed E-state index contributed by atoms with van der Waals surface area (Å²) in [6.07, 6.45) is -4.77. The van der Waals surface area contributed by atoms with E-state index in [1.165, 1.54) is 17.0 Å². The molecule has 156 valence electrons. The van der Waals surface area contributed by atoms with Gasteiger partial charge in [-0.25, -0.2) is 0 Å². The summed E-state index contributed by atoms with van der Waals surface area (Å²) < 4.78 is 40.2. The topological polar surface area (TPSA) is 70.7 Å². The van der Waals surface area contributed by atoms with Gasteiger partial charge in [-0.3, -0.25) is 14.5 Å². The van der Waals surface area contributed by atoms with Crippen molar-refractivity contribution in [3.63, 3.8) is 0 Å². The van der Waals surface area contributed by atoms with E-state index in [2.05, 4.69) is 15.4 Å². The van der Waals surface area contributed by atoms with E-state index in [1.807, 2.05) is 37.3 Å². The molecule has 6 nitrogen and oxygen atoms in total. The highest BCUT2D eigenvalue weighted by Gasteiger charge is 2.30. The summed E-state index contributed by atoms with van der Waals surface area (Å²) in [6.45, 7) is 1.82. The maximum atomic E-state index is 12.1. The van der Waals surface area contributed by atoms with Crippen LogP contribution < -0.4 is 15.4 Å². The van der Waals surface area contributed by atoms with Gasteiger partial charge in [0.2, 0.25) is 11.8 Å². The van der Waals surface area contributed by atoms with E-state index in [9.17, 15) is 22.8 Å². The smallest absolute Gasteiger partial charge is 0.406 e. The maximum Gasteiger partial charge on any atom is 0.573 e. The van der Waals surface area contributed by atoms with E-state index in [-0.39, 0.29) is 30.8 Å². The number of nitrogens with one attached hydrogen (secondary N) is 2. The van der Waals surface area contributed by atoms with Crippen molar-refractivity contribution in [2.24, 2.45) is 0 Å². The maximum absolute atomic E-state index is 12.1. The van der Waals surface area contributed by atoms with Crippen LogP contribution in [-0.2, 0) is 9.59 Å². The Labute approximate surface area is 166 Å². The molecule has 0 aliphatic carbocycles. The van der Waals surface area contributed by atoms with Crippen LogP contribution in [0, 0.1) is 0 Å². The van der Waals surface area contributed by atoms with Crippen molar-refractivity contribution < 1.29 is 27.5 Å². The first-order chi connectivity index (χ1) is 13.6. The second kappa shape index (κ2) is 9.92. The highest BCUT2D eigenvalue weighted by molar-refractivity contribution is 5.92. The van der Waals surface area contributed by atoms with Crippen LogP contribution in [0.4, 0.5) is 18.9 Å². The van der Waals surface area contributed by atoms with Crippen molar-refractivity contribution in [2.75, 3.05) is 25.5 Å². The lowest BCUT2D eigenvalue weighted by Crippen LogP contribution is -2.39. The summed E-state index contributed by atoms with van der Waals surface area (Å²) in [5.74, 6) is -1.01. The third-order valence-electron chi connectivity index (χ3n) is 3.88. The predicted molar refractivity (Wildman–Crippen MR) is 102 cm³/mol. The van der Waals surface area contributed by atoms with Crippen molar-refractivity contribution in [3.8, 4) is 5.75 Å². The lowest BCUT2D eigenvalue weighted by molar-refractivity contribution is -0.274. The molecule has 0 saturated carbocycles. The molecule has 0 aliphatic heterocycles. The van der Waals surface area contributed by atoms with Crippen LogP contribution in [0.15, 0.2) is 54.6 Å². The number of halogens is 3. The van der Waals surface area contributed by atoms with Gasteiger partial charge in [0.25, 0.3) is 0 Å². The van der Waals surface area contributed by atoms with Gasteiger partial charge in [0.15, 0.2) is 0 Å². The molecule has 0 unspecified atom stereocenters. The summed E-state index contributed by atoms with van der Waals surface area (Å²) in [7, 11) is 1.62. The minimum atomic E-state index is -4.77. The highest BCUT2D eigenvalue weighted by atomic mass is 19.4. The molecule has 29 heavy (non-hydrogen) atoms. The third-order valence-corrected chi connectivity index (χ3v) is 3.88. The molecule has 9 heteroatoms. The number of benzene rings is 2. The molecule has 0 spiro atoms.